The minimum absolute atomic E-state index is 0.558. The number of thioether (sulfide) groups is 1. The van der Waals surface area contributed by atoms with E-state index in [9.17, 15) is 0 Å². The Labute approximate surface area is 130 Å². The van der Waals surface area contributed by atoms with Gasteiger partial charge in [0, 0.05) is 4.88 Å². The Morgan fingerprint density at radius 1 is 1.19 bits per heavy atom. The molecule has 3 aromatic rings. The number of rotatable bonds is 3. The monoisotopic (exact) mass is 317 g/mol. The normalized spacial score (nSPS) is 11.1. The maximum Gasteiger partial charge on any atom is 0.142 e. The van der Waals surface area contributed by atoms with Crippen LogP contribution in [0.15, 0.2) is 23.4 Å². The highest BCUT2D eigenvalue weighted by atomic mass is 32.2. The summed E-state index contributed by atoms with van der Waals surface area (Å²) in [7, 11) is 0. The lowest BCUT2D eigenvalue weighted by Gasteiger charge is -2.03. The molecule has 3 aromatic heterocycles. The zero-order valence-corrected chi connectivity index (χ0v) is 13.4. The molecule has 21 heavy (non-hydrogen) atoms. The van der Waals surface area contributed by atoms with Crippen molar-refractivity contribution < 1.29 is 0 Å². The van der Waals surface area contributed by atoms with Crippen molar-refractivity contribution in [3.8, 4) is 0 Å². The molecule has 0 aliphatic heterocycles. The first-order valence-corrected chi connectivity index (χ1v) is 8.21. The summed E-state index contributed by atoms with van der Waals surface area (Å²) in [5.74, 6) is 1.92. The first-order valence-electron chi connectivity index (χ1n) is 6.41. The van der Waals surface area contributed by atoms with E-state index in [1.807, 2.05) is 12.1 Å². The second kappa shape index (κ2) is 5.50. The van der Waals surface area contributed by atoms with Gasteiger partial charge in [0.1, 0.15) is 16.5 Å². The van der Waals surface area contributed by atoms with E-state index in [1.54, 1.807) is 29.3 Å². The van der Waals surface area contributed by atoms with E-state index >= 15 is 0 Å². The van der Waals surface area contributed by atoms with E-state index in [-0.39, 0.29) is 0 Å². The molecule has 7 heteroatoms. The molecule has 0 saturated carbocycles. The highest BCUT2D eigenvalue weighted by Crippen LogP contribution is 2.32. The van der Waals surface area contributed by atoms with Gasteiger partial charge in [-0.3, -0.25) is 0 Å². The van der Waals surface area contributed by atoms with Gasteiger partial charge in [0.2, 0.25) is 0 Å². The summed E-state index contributed by atoms with van der Waals surface area (Å²) in [5.41, 5.74) is 13.5. The van der Waals surface area contributed by atoms with E-state index in [0.717, 1.165) is 21.1 Å². The number of aromatic nitrogens is 3. The summed E-state index contributed by atoms with van der Waals surface area (Å²) >= 11 is 3.23. The molecule has 0 unspecified atom stereocenters. The van der Waals surface area contributed by atoms with Crippen LogP contribution in [0.5, 0.6) is 0 Å². The Kier molecular flexibility index (Phi) is 3.69. The number of hydrogen-bond donors (Lipinski definition) is 2. The van der Waals surface area contributed by atoms with Crippen LogP contribution in [0.3, 0.4) is 0 Å². The Morgan fingerprint density at radius 2 is 2.00 bits per heavy atom. The van der Waals surface area contributed by atoms with Crippen LogP contribution >= 0.6 is 23.1 Å². The molecule has 3 heterocycles. The Hall–Kier alpha value is -1.86. The highest BCUT2D eigenvalue weighted by Gasteiger charge is 2.12. The number of nitrogens with zero attached hydrogens (tertiary/aromatic N) is 3. The average Bonchev–Trinajstić information content (AvgIpc) is 2.74. The molecule has 3 rings (SSSR count). The van der Waals surface area contributed by atoms with Crippen LogP contribution in [0, 0.1) is 13.8 Å². The topological polar surface area (TPSA) is 90.7 Å². The van der Waals surface area contributed by atoms with Crippen molar-refractivity contribution in [1.82, 2.24) is 15.0 Å². The quantitative estimate of drug-likeness (QED) is 0.721. The number of nitrogen functional groups attached to an aromatic ring is 2. The summed E-state index contributed by atoms with van der Waals surface area (Å²) in [4.78, 5) is 15.5. The summed E-state index contributed by atoms with van der Waals surface area (Å²) in [5, 5.41) is 1.88. The summed E-state index contributed by atoms with van der Waals surface area (Å²) < 4.78 is 0. The number of nitrogens with two attached hydrogens (primary N) is 2. The molecule has 0 bridgehead atoms. The third kappa shape index (κ3) is 2.79. The van der Waals surface area contributed by atoms with Gasteiger partial charge in [-0.2, -0.15) is 0 Å². The van der Waals surface area contributed by atoms with Crippen molar-refractivity contribution in [2.45, 2.75) is 24.6 Å². The minimum Gasteiger partial charge on any atom is -0.397 e. The number of aryl methyl sites for hydroxylation is 2. The van der Waals surface area contributed by atoms with Crippen LogP contribution < -0.4 is 11.5 Å². The van der Waals surface area contributed by atoms with Gasteiger partial charge in [-0.25, -0.2) is 15.0 Å². The molecule has 5 nitrogen and oxygen atoms in total. The number of pyridine rings is 1. The lowest BCUT2D eigenvalue weighted by molar-refractivity contribution is 1.07. The van der Waals surface area contributed by atoms with Crippen molar-refractivity contribution in [3.05, 3.63) is 34.6 Å². The van der Waals surface area contributed by atoms with Gasteiger partial charge in [0.05, 0.1) is 28.0 Å². The van der Waals surface area contributed by atoms with Crippen molar-refractivity contribution in [2.75, 3.05) is 11.5 Å². The van der Waals surface area contributed by atoms with Crippen LogP contribution in [0.1, 0.15) is 16.3 Å². The van der Waals surface area contributed by atoms with Crippen LogP contribution in [-0.4, -0.2) is 15.0 Å². The van der Waals surface area contributed by atoms with Gasteiger partial charge in [0.15, 0.2) is 0 Å². The Balaban J connectivity index is 1.86. The van der Waals surface area contributed by atoms with Crippen molar-refractivity contribution in [2.24, 2.45) is 0 Å². The number of anilines is 2. The fourth-order valence-corrected chi connectivity index (χ4v) is 3.76. The fourth-order valence-electron chi connectivity index (χ4n) is 2.01. The predicted molar refractivity (Wildman–Crippen MR) is 89.5 cm³/mol. The van der Waals surface area contributed by atoms with Crippen molar-refractivity contribution in [1.29, 1.82) is 0 Å². The lowest BCUT2D eigenvalue weighted by Crippen LogP contribution is -1.99. The average molecular weight is 317 g/mol. The maximum absolute atomic E-state index is 6.07. The first kappa shape index (κ1) is 14.1. The van der Waals surface area contributed by atoms with Gasteiger partial charge >= 0.3 is 0 Å². The molecule has 0 radical (unpaired) electrons. The molecule has 0 aliphatic rings. The van der Waals surface area contributed by atoms with E-state index in [1.165, 1.54) is 10.4 Å². The predicted octanol–water partition coefficient (Wildman–Crippen LogP) is 3.16. The third-order valence-corrected chi connectivity index (χ3v) is 5.25. The van der Waals surface area contributed by atoms with Crippen molar-refractivity contribution in [3.63, 3.8) is 0 Å². The zero-order valence-electron chi connectivity index (χ0n) is 11.8. The molecule has 0 aromatic carbocycles. The standard InChI is InChI=1S/C14H15N5S2/c1-7-8(2)21-14-12(7)13(16)18-10(19-14)6-20-11-4-3-9(15)5-17-11/h3-5H,6,15H2,1-2H3,(H2,16,18,19). The Bertz CT molecular complexity index is 795. The molecular formula is C14H15N5S2. The Morgan fingerprint density at radius 3 is 2.71 bits per heavy atom. The molecular weight excluding hydrogens is 302 g/mol. The zero-order chi connectivity index (χ0) is 15.0. The summed E-state index contributed by atoms with van der Waals surface area (Å²) in [6.45, 7) is 4.13. The van der Waals surface area contributed by atoms with Crippen molar-refractivity contribution >= 4 is 44.8 Å². The number of fused-ring (bicyclic) bond motifs is 1. The van der Waals surface area contributed by atoms with E-state index in [0.29, 0.717) is 17.3 Å². The molecule has 0 atom stereocenters. The summed E-state index contributed by atoms with van der Waals surface area (Å²) in [6, 6.07) is 3.72. The molecule has 0 saturated heterocycles. The van der Waals surface area contributed by atoms with Gasteiger partial charge in [-0.05, 0) is 31.5 Å². The van der Waals surface area contributed by atoms with Crippen LogP contribution in [0.4, 0.5) is 11.5 Å². The molecule has 0 amide bonds. The SMILES string of the molecule is Cc1sc2nc(CSc3ccc(N)cn3)nc(N)c2c1C. The van der Waals surface area contributed by atoms with Gasteiger partial charge < -0.3 is 11.5 Å². The molecule has 0 aliphatic carbocycles. The summed E-state index contributed by atoms with van der Waals surface area (Å²) in [6.07, 6.45) is 1.65. The van der Waals surface area contributed by atoms with E-state index in [2.05, 4.69) is 28.8 Å². The van der Waals surface area contributed by atoms with Gasteiger partial charge in [-0.15, -0.1) is 11.3 Å². The third-order valence-electron chi connectivity index (χ3n) is 3.21. The largest absolute Gasteiger partial charge is 0.397 e. The molecule has 0 fully saturated rings. The van der Waals surface area contributed by atoms with Crippen LogP contribution in [-0.2, 0) is 5.75 Å². The van der Waals surface area contributed by atoms with Gasteiger partial charge in [-0.1, -0.05) is 11.8 Å². The second-order valence-corrected chi connectivity index (χ2v) is 6.91. The maximum atomic E-state index is 6.07. The highest BCUT2D eigenvalue weighted by molar-refractivity contribution is 7.98. The first-order chi connectivity index (χ1) is 10.0. The smallest absolute Gasteiger partial charge is 0.142 e. The molecule has 4 N–H and O–H groups in total. The molecule has 108 valence electrons. The van der Waals surface area contributed by atoms with E-state index in [4.69, 9.17) is 11.5 Å². The van der Waals surface area contributed by atoms with Gasteiger partial charge in [0.25, 0.3) is 0 Å². The van der Waals surface area contributed by atoms with E-state index < -0.39 is 0 Å². The second-order valence-electron chi connectivity index (χ2n) is 4.71. The number of thiophene rings is 1. The molecule has 0 spiro atoms. The minimum atomic E-state index is 0.558. The van der Waals surface area contributed by atoms with Crippen LogP contribution in [0.2, 0.25) is 0 Å². The lowest BCUT2D eigenvalue weighted by atomic mass is 10.2. The fraction of sp³-hybridized carbons (Fsp3) is 0.214. The number of hydrogen-bond acceptors (Lipinski definition) is 7. The van der Waals surface area contributed by atoms with Crippen LogP contribution in [0.25, 0.3) is 10.2 Å².